The van der Waals surface area contributed by atoms with Gasteiger partial charge in [-0.1, -0.05) is 6.42 Å². The summed E-state index contributed by atoms with van der Waals surface area (Å²) < 4.78 is 5.89. The van der Waals surface area contributed by atoms with E-state index in [1.54, 1.807) is 18.2 Å². The molecule has 1 aliphatic carbocycles. The Morgan fingerprint density at radius 2 is 1.58 bits per heavy atom. The first-order valence-electron chi connectivity index (χ1n) is 10.2. The summed E-state index contributed by atoms with van der Waals surface area (Å²) in [6.45, 7) is 0. The SMILES string of the molecule is NC1=NC2(CCCCC2)N(c2ccc(Oc3ccc4c(c3)C(=O)NC4=O)cc2)C(N)=N1. The fourth-order valence-corrected chi connectivity index (χ4v) is 4.50. The van der Waals surface area contributed by atoms with Crippen LogP contribution in [0.15, 0.2) is 52.4 Å². The molecule has 2 aromatic carbocycles. The third-order valence-corrected chi connectivity index (χ3v) is 5.89. The highest BCUT2D eigenvalue weighted by molar-refractivity contribution is 6.21. The molecule has 0 saturated heterocycles. The number of guanidine groups is 2. The highest BCUT2D eigenvalue weighted by Crippen LogP contribution is 2.40. The molecular weight excluding hydrogens is 396 g/mol. The summed E-state index contributed by atoms with van der Waals surface area (Å²) in [5.74, 6) is 0.792. The number of fused-ring (bicyclic) bond motifs is 1. The van der Waals surface area contributed by atoms with E-state index in [-0.39, 0.29) is 5.96 Å². The lowest BCUT2D eigenvalue weighted by Crippen LogP contribution is -2.58. The molecule has 1 fully saturated rings. The monoisotopic (exact) mass is 418 g/mol. The molecule has 0 atom stereocenters. The van der Waals surface area contributed by atoms with Crippen molar-refractivity contribution in [3.63, 3.8) is 0 Å². The number of hydrogen-bond donors (Lipinski definition) is 3. The summed E-state index contributed by atoms with van der Waals surface area (Å²) in [4.78, 5) is 34.4. The molecule has 9 heteroatoms. The molecule has 2 amide bonds. The average molecular weight is 418 g/mol. The van der Waals surface area contributed by atoms with Gasteiger partial charge in [0.2, 0.25) is 11.9 Å². The minimum atomic E-state index is -0.504. The summed E-state index contributed by atoms with van der Waals surface area (Å²) in [5.41, 5.74) is 13.2. The third-order valence-electron chi connectivity index (χ3n) is 5.89. The summed E-state index contributed by atoms with van der Waals surface area (Å²) in [5, 5.41) is 2.27. The van der Waals surface area contributed by atoms with Crippen LogP contribution >= 0.6 is 0 Å². The molecule has 0 radical (unpaired) electrons. The van der Waals surface area contributed by atoms with Crippen LogP contribution in [0.5, 0.6) is 11.5 Å². The predicted octanol–water partition coefficient (Wildman–Crippen LogP) is 2.47. The number of benzene rings is 2. The van der Waals surface area contributed by atoms with Crippen molar-refractivity contribution in [1.82, 2.24) is 5.32 Å². The van der Waals surface area contributed by atoms with Crippen LogP contribution in [0.3, 0.4) is 0 Å². The summed E-state index contributed by atoms with van der Waals surface area (Å²) in [6.07, 6.45) is 4.99. The summed E-state index contributed by atoms with van der Waals surface area (Å²) >= 11 is 0. The highest BCUT2D eigenvalue weighted by Gasteiger charge is 2.42. The number of carbonyl (C=O) groups is 2. The molecule has 9 nitrogen and oxygen atoms in total. The highest BCUT2D eigenvalue weighted by atomic mass is 16.5. The van der Waals surface area contributed by atoms with Gasteiger partial charge >= 0.3 is 0 Å². The molecule has 158 valence electrons. The minimum Gasteiger partial charge on any atom is -0.457 e. The number of nitrogens with one attached hydrogen (secondary N) is 1. The second-order valence-electron chi connectivity index (χ2n) is 7.91. The molecule has 2 aromatic rings. The lowest BCUT2D eigenvalue weighted by atomic mass is 9.87. The van der Waals surface area contributed by atoms with Crippen LogP contribution in [0, 0.1) is 0 Å². The van der Waals surface area contributed by atoms with E-state index in [0.717, 1.165) is 31.4 Å². The maximum Gasteiger partial charge on any atom is 0.259 e. The Hall–Kier alpha value is -3.88. The molecule has 0 unspecified atom stereocenters. The Morgan fingerprint density at radius 3 is 2.32 bits per heavy atom. The first kappa shape index (κ1) is 19.1. The maximum atomic E-state index is 11.9. The van der Waals surface area contributed by atoms with E-state index < -0.39 is 17.5 Å². The van der Waals surface area contributed by atoms with E-state index in [1.165, 1.54) is 6.42 Å². The van der Waals surface area contributed by atoms with E-state index in [0.29, 0.717) is 28.6 Å². The van der Waals surface area contributed by atoms with Crippen LogP contribution in [-0.2, 0) is 0 Å². The molecule has 5 N–H and O–H groups in total. The van der Waals surface area contributed by atoms with Gasteiger partial charge in [-0.3, -0.25) is 19.8 Å². The second kappa shape index (κ2) is 7.12. The van der Waals surface area contributed by atoms with E-state index in [4.69, 9.17) is 16.2 Å². The Labute approximate surface area is 178 Å². The largest absolute Gasteiger partial charge is 0.457 e. The van der Waals surface area contributed by atoms with Gasteiger partial charge in [-0.25, -0.2) is 4.99 Å². The molecule has 2 heterocycles. The van der Waals surface area contributed by atoms with Crippen LogP contribution in [0.25, 0.3) is 0 Å². The zero-order valence-electron chi connectivity index (χ0n) is 16.8. The lowest BCUT2D eigenvalue weighted by molar-refractivity contribution is 0.0879. The minimum absolute atomic E-state index is 0.217. The smallest absolute Gasteiger partial charge is 0.259 e. The first-order valence-corrected chi connectivity index (χ1v) is 10.2. The molecule has 0 bridgehead atoms. The van der Waals surface area contributed by atoms with Gasteiger partial charge in [-0.2, -0.15) is 4.99 Å². The number of rotatable bonds is 3. The Balaban J connectivity index is 1.40. The maximum absolute atomic E-state index is 11.9. The number of nitrogens with two attached hydrogens (primary N) is 2. The Kier molecular flexibility index (Phi) is 4.39. The van der Waals surface area contributed by atoms with Crippen LogP contribution in [-0.4, -0.2) is 29.4 Å². The lowest BCUT2D eigenvalue weighted by Gasteiger charge is -2.45. The molecule has 3 aliphatic rings. The standard InChI is InChI=1S/C22H22N6O3/c23-20-26-21(24)28(22(27-20)10-2-1-3-11-22)13-4-6-14(7-5-13)31-15-8-9-16-17(12-15)19(30)25-18(16)29/h4-9,12H,1-3,10-11H2,(H,25,29,30)(H4,23,24,26,27). The number of nitrogens with zero attached hydrogens (tertiary/aromatic N) is 3. The van der Waals surface area contributed by atoms with Crippen molar-refractivity contribution in [1.29, 1.82) is 0 Å². The van der Waals surface area contributed by atoms with Gasteiger partial charge < -0.3 is 16.2 Å². The van der Waals surface area contributed by atoms with Crippen molar-refractivity contribution in [2.24, 2.45) is 21.5 Å². The van der Waals surface area contributed by atoms with E-state index in [9.17, 15) is 9.59 Å². The number of aliphatic imine (C=N–C) groups is 2. The van der Waals surface area contributed by atoms with Gasteiger partial charge in [0.25, 0.3) is 11.8 Å². The van der Waals surface area contributed by atoms with Crippen molar-refractivity contribution in [2.75, 3.05) is 4.90 Å². The van der Waals surface area contributed by atoms with Gasteiger partial charge in [0.1, 0.15) is 17.2 Å². The fraction of sp³-hybridized carbons (Fsp3) is 0.273. The average Bonchev–Trinajstić information content (AvgIpc) is 3.02. The van der Waals surface area contributed by atoms with Gasteiger partial charge in [0.05, 0.1) is 11.1 Å². The summed E-state index contributed by atoms with van der Waals surface area (Å²) in [6, 6.07) is 12.2. The quantitative estimate of drug-likeness (QED) is 0.655. The van der Waals surface area contributed by atoms with Crippen molar-refractivity contribution in [3.8, 4) is 11.5 Å². The molecular formula is C22H22N6O3. The predicted molar refractivity (Wildman–Crippen MR) is 116 cm³/mol. The zero-order chi connectivity index (χ0) is 21.6. The molecule has 1 spiro atoms. The van der Waals surface area contributed by atoms with Crippen LogP contribution in [0.2, 0.25) is 0 Å². The van der Waals surface area contributed by atoms with Crippen molar-refractivity contribution in [2.45, 2.75) is 37.8 Å². The number of hydrogen-bond acceptors (Lipinski definition) is 8. The summed E-state index contributed by atoms with van der Waals surface area (Å²) in [7, 11) is 0. The van der Waals surface area contributed by atoms with Gasteiger partial charge in [0.15, 0.2) is 0 Å². The van der Waals surface area contributed by atoms with Gasteiger partial charge in [0, 0.05) is 5.69 Å². The molecule has 2 aliphatic heterocycles. The fourth-order valence-electron chi connectivity index (χ4n) is 4.50. The van der Waals surface area contributed by atoms with Crippen LogP contribution < -0.4 is 26.4 Å². The van der Waals surface area contributed by atoms with E-state index in [1.807, 2.05) is 29.2 Å². The molecule has 31 heavy (non-hydrogen) atoms. The van der Waals surface area contributed by atoms with E-state index >= 15 is 0 Å². The Morgan fingerprint density at radius 1 is 0.903 bits per heavy atom. The first-order chi connectivity index (χ1) is 14.9. The number of amides is 2. The number of anilines is 1. The Bertz CT molecular complexity index is 1130. The molecule has 1 saturated carbocycles. The second-order valence-corrected chi connectivity index (χ2v) is 7.91. The zero-order valence-corrected chi connectivity index (χ0v) is 16.8. The van der Waals surface area contributed by atoms with Crippen molar-refractivity contribution in [3.05, 3.63) is 53.6 Å². The third kappa shape index (κ3) is 3.27. The molecule has 5 rings (SSSR count). The van der Waals surface area contributed by atoms with E-state index in [2.05, 4.69) is 15.3 Å². The van der Waals surface area contributed by atoms with Crippen LogP contribution in [0.4, 0.5) is 5.69 Å². The van der Waals surface area contributed by atoms with Crippen LogP contribution in [0.1, 0.15) is 52.8 Å². The van der Waals surface area contributed by atoms with Crippen molar-refractivity contribution >= 4 is 29.4 Å². The number of imide groups is 1. The topological polar surface area (TPSA) is 135 Å². The van der Waals surface area contributed by atoms with Gasteiger partial charge in [-0.05, 0) is 68.1 Å². The van der Waals surface area contributed by atoms with Gasteiger partial charge in [-0.15, -0.1) is 0 Å². The normalized spacial score (nSPS) is 19.5. The molecule has 0 aromatic heterocycles. The number of carbonyl (C=O) groups excluding carboxylic acids is 2. The van der Waals surface area contributed by atoms with Crippen molar-refractivity contribution < 1.29 is 14.3 Å². The number of ether oxygens (including phenoxy) is 1.